The van der Waals surface area contributed by atoms with Gasteiger partial charge in [-0.3, -0.25) is 14.9 Å². The molecule has 2 aromatic carbocycles. The van der Waals surface area contributed by atoms with Gasteiger partial charge >= 0.3 is 11.7 Å². The molecule has 0 amide bonds. The minimum atomic E-state index is -1.34. The molecule has 33 heavy (non-hydrogen) atoms. The van der Waals surface area contributed by atoms with Crippen LogP contribution in [0.5, 0.6) is 5.75 Å². The first-order chi connectivity index (χ1) is 15.6. The van der Waals surface area contributed by atoms with Gasteiger partial charge in [-0.2, -0.15) is 9.78 Å². The molecule has 11 heteroatoms. The van der Waals surface area contributed by atoms with Crippen LogP contribution in [0.15, 0.2) is 50.8 Å². The Morgan fingerprint density at radius 3 is 2.73 bits per heavy atom. The van der Waals surface area contributed by atoms with E-state index in [0.717, 1.165) is 4.68 Å². The van der Waals surface area contributed by atoms with Gasteiger partial charge in [0.25, 0.3) is 5.56 Å². The Kier molecular flexibility index (Phi) is 7.22. The summed E-state index contributed by atoms with van der Waals surface area (Å²) in [7, 11) is 0. The van der Waals surface area contributed by atoms with Crippen molar-refractivity contribution in [2.75, 3.05) is 0 Å². The van der Waals surface area contributed by atoms with E-state index in [4.69, 9.17) is 9.84 Å². The van der Waals surface area contributed by atoms with E-state index in [9.17, 15) is 19.7 Å². The van der Waals surface area contributed by atoms with Crippen molar-refractivity contribution in [1.82, 2.24) is 9.66 Å². The van der Waals surface area contributed by atoms with Gasteiger partial charge in [0, 0.05) is 22.0 Å². The van der Waals surface area contributed by atoms with Gasteiger partial charge in [-0.25, -0.2) is 9.78 Å². The van der Waals surface area contributed by atoms with E-state index < -0.39 is 28.2 Å². The Balaban J connectivity index is 2.20. The van der Waals surface area contributed by atoms with Crippen LogP contribution in [0, 0.1) is 10.1 Å². The molecule has 0 saturated heterocycles. The number of para-hydroxylation sites is 1. The summed E-state index contributed by atoms with van der Waals surface area (Å²) in [6.45, 7) is 5.13. The van der Waals surface area contributed by atoms with Gasteiger partial charge in [-0.1, -0.05) is 35.8 Å². The third-order valence-corrected chi connectivity index (χ3v) is 5.56. The molecule has 172 valence electrons. The van der Waals surface area contributed by atoms with Gasteiger partial charge in [-0.05, 0) is 37.6 Å². The number of hydrogen-bond donors (Lipinski definition) is 1. The lowest BCUT2D eigenvalue weighted by molar-refractivity contribution is -0.386. The zero-order chi connectivity index (χ0) is 24.3. The molecule has 1 N–H and O–H groups in total. The number of aliphatic carboxylic acids is 1. The van der Waals surface area contributed by atoms with Crippen molar-refractivity contribution in [3.63, 3.8) is 0 Å². The molecule has 0 aliphatic heterocycles. The average Bonchev–Trinajstić information content (AvgIpc) is 2.78. The van der Waals surface area contributed by atoms with Gasteiger partial charge in [0.15, 0.2) is 6.10 Å². The van der Waals surface area contributed by atoms with Crippen LogP contribution >= 0.6 is 15.9 Å². The van der Waals surface area contributed by atoms with E-state index >= 15 is 0 Å². The summed E-state index contributed by atoms with van der Waals surface area (Å²) in [4.78, 5) is 39.9. The Labute approximate surface area is 196 Å². The minimum Gasteiger partial charge on any atom is -0.479 e. The monoisotopic (exact) mass is 516 g/mol. The van der Waals surface area contributed by atoms with Gasteiger partial charge in [0.1, 0.15) is 5.82 Å². The molecule has 2 atom stereocenters. The number of carboxylic acid groups (broad SMARTS) is 1. The maximum absolute atomic E-state index is 13.2. The predicted octanol–water partition coefficient (Wildman–Crippen LogP) is 4.31. The summed E-state index contributed by atoms with van der Waals surface area (Å²) < 4.78 is 7.23. The first-order valence-electron chi connectivity index (χ1n) is 10.1. The highest BCUT2D eigenvalue weighted by Crippen LogP contribution is 2.31. The fourth-order valence-electron chi connectivity index (χ4n) is 3.04. The minimum absolute atomic E-state index is 0.101. The normalized spacial score (nSPS) is 13.2. The summed E-state index contributed by atoms with van der Waals surface area (Å²) in [5.41, 5.74) is -0.144. The molecule has 0 bridgehead atoms. The number of benzene rings is 2. The molecule has 1 aromatic heterocycles. The number of halogens is 1. The van der Waals surface area contributed by atoms with E-state index in [0.29, 0.717) is 27.6 Å². The van der Waals surface area contributed by atoms with Crippen molar-refractivity contribution in [2.24, 2.45) is 5.10 Å². The van der Waals surface area contributed by atoms with E-state index in [1.165, 1.54) is 31.3 Å². The molecular weight excluding hydrogens is 496 g/mol. The van der Waals surface area contributed by atoms with Crippen LogP contribution in [-0.2, 0) is 4.79 Å². The molecular formula is C22H21BrN4O6. The van der Waals surface area contributed by atoms with Gasteiger partial charge in [0.05, 0.1) is 22.0 Å². The molecule has 3 aromatic rings. The second-order valence-electron chi connectivity index (χ2n) is 7.35. The smallest absolute Gasteiger partial charge is 0.344 e. The fourth-order valence-corrected chi connectivity index (χ4v) is 3.40. The number of nitro benzene ring substituents is 1. The number of nitro groups is 1. The molecule has 3 rings (SSSR count). The Morgan fingerprint density at radius 2 is 2.09 bits per heavy atom. The molecule has 0 radical (unpaired) electrons. The number of nitrogens with zero attached hydrogens (tertiary/aromatic N) is 4. The molecule has 1 heterocycles. The summed E-state index contributed by atoms with van der Waals surface area (Å²) in [6, 6.07) is 9.28. The number of carbonyl (C=O) groups is 1. The van der Waals surface area contributed by atoms with Crippen LogP contribution in [0.1, 0.15) is 44.5 Å². The first-order valence-corrected chi connectivity index (χ1v) is 10.9. The van der Waals surface area contributed by atoms with E-state index in [1.807, 2.05) is 13.8 Å². The highest BCUT2D eigenvalue weighted by atomic mass is 79.9. The van der Waals surface area contributed by atoms with Crippen molar-refractivity contribution < 1.29 is 19.6 Å². The summed E-state index contributed by atoms with van der Waals surface area (Å²) >= 11 is 3.35. The van der Waals surface area contributed by atoms with Crippen LogP contribution < -0.4 is 10.3 Å². The van der Waals surface area contributed by atoms with Gasteiger partial charge in [-0.15, -0.1) is 0 Å². The van der Waals surface area contributed by atoms with Crippen LogP contribution in [-0.4, -0.2) is 38.0 Å². The van der Waals surface area contributed by atoms with Crippen molar-refractivity contribution >= 4 is 44.7 Å². The zero-order valence-corrected chi connectivity index (χ0v) is 19.6. The lowest BCUT2D eigenvalue weighted by atomic mass is 10.1. The number of fused-ring (bicyclic) bond motifs is 1. The Morgan fingerprint density at radius 1 is 1.36 bits per heavy atom. The predicted molar refractivity (Wildman–Crippen MR) is 126 cm³/mol. The summed E-state index contributed by atoms with van der Waals surface area (Å²) in [5.74, 6) is -1.21. The molecule has 0 fully saturated rings. The lowest BCUT2D eigenvalue weighted by Gasteiger charge is -2.15. The number of aromatic nitrogens is 2. The highest BCUT2D eigenvalue weighted by Gasteiger charge is 2.23. The molecule has 10 nitrogen and oxygen atoms in total. The van der Waals surface area contributed by atoms with E-state index in [1.54, 1.807) is 18.2 Å². The van der Waals surface area contributed by atoms with Gasteiger partial charge in [0.2, 0.25) is 5.75 Å². The van der Waals surface area contributed by atoms with Crippen LogP contribution in [0.2, 0.25) is 0 Å². The number of ether oxygens (including phenoxy) is 1. The van der Waals surface area contributed by atoms with Crippen molar-refractivity contribution in [2.45, 2.75) is 39.2 Å². The largest absolute Gasteiger partial charge is 0.479 e. The topological polar surface area (TPSA) is 137 Å². The van der Waals surface area contributed by atoms with Crippen LogP contribution in [0.25, 0.3) is 10.9 Å². The highest BCUT2D eigenvalue weighted by molar-refractivity contribution is 9.10. The first kappa shape index (κ1) is 24.1. The van der Waals surface area contributed by atoms with E-state index in [-0.39, 0.29) is 17.2 Å². The van der Waals surface area contributed by atoms with Crippen LogP contribution in [0.4, 0.5) is 5.69 Å². The standard InChI is InChI=1S/C22H21BrN4O6/c1-4-12(2)20-25-17-9-8-15(23)10-16(17)21(28)26(20)24-11-14-6-5-7-18(27(31)32)19(14)33-13(3)22(29)30/h5-13H,4H2,1-3H3,(H,29,30)/t12-,13-/m0/s1. The molecule has 0 saturated carbocycles. The van der Waals surface area contributed by atoms with Crippen molar-refractivity contribution in [1.29, 1.82) is 0 Å². The van der Waals surface area contributed by atoms with Crippen LogP contribution in [0.3, 0.4) is 0 Å². The summed E-state index contributed by atoms with van der Waals surface area (Å²) in [6.07, 6.45) is 0.595. The Hall–Kier alpha value is -3.60. The van der Waals surface area contributed by atoms with Crippen molar-refractivity contribution in [3.05, 3.63) is 72.7 Å². The molecule has 0 aliphatic carbocycles. The molecule has 0 unspecified atom stereocenters. The van der Waals surface area contributed by atoms with E-state index in [2.05, 4.69) is 26.0 Å². The maximum Gasteiger partial charge on any atom is 0.344 e. The zero-order valence-electron chi connectivity index (χ0n) is 18.1. The van der Waals surface area contributed by atoms with Gasteiger partial charge < -0.3 is 9.84 Å². The number of hydrogen-bond acceptors (Lipinski definition) is 7. The lowest BCUT2D eigenvalue weighted by Crippen LogP contribution is -2.24. The number of carboxylic acids is 1. The second-order valence-corrected chi connectivity index (χ2v) is 8.27. The average molecular weight is 517 g/mol. The summed E-state index contributed by atoms with van der Waals surface area (Å²) in [5, 5.41) is 25.3. The SMILES string of the molecule is CC[C@H](C)c1nc2ccc(Br)cc2c(=O)n1N=Cc1cccc([N+](=O)[O-])c1O[C@@H](C)C(=O)O. The fraction of sp³-hybridized carbons (Fsp3) is 0.273. The molecule has 0 aliphatic rings. The molecule has 0 spiro atoms. The third-order valence-electron chi connectivity index (χ3n) is 5.06. The maximum atomic E-state index is 13.2. The Bertz CT molecular complexity index is 1320. The second kappa shape index (κ2) is 9.90. The number of rotatable bonds is 8. The quantitative estimate of drug-likeness (QED) is 0.267. The third kappa shape index (κ3) is 5.08. The van der Waals surface area contributed by atoms with Crippen molar-refractivity contribution in [3.8, 4) is 5.75 Å².